The second kappa shape index (κ2) is 5.49. The zero-order valence-electron chi connectivity index (χ0n) is 10.9. The van der Waals surface area contributed by atoms with Crippen LogP contribution in [0.15, 0.2) is 36.5 Å². The summed E-state index contributed by atoms with van der Waals surface area (Å²) in [7, 11) is 0. The second-order valence-corrected chi connectivity index (χ2v) is 5.36. The molecule has 2 N–H and O–H groups in total. The molecule has 1 amide bonds. The molecule has 0 fully saturated rings. The third kappa shape index (κ3) is 2.77. The van der Waals surface area contributed by atoms with Crippen LogP contribution in [-0.2, 0) is 0 Å². The van der Waals surface area contributed by atoms with Gasteiger partial charge >= 0.3 is 5.97 Å². The predicted octanol–water partition coefficient (Wildman–Crippen LogP) is 2.78. The first-order valence-corrected chi connectivity index (χ1v) is 6.91. The molecule has 0 aliphatic rings. The number of halogens is 1. The number of carboxylic acid groups (broad SMARTS) is 1. The maximum absolute atomic E-state index is 13.0. The molecule has 8 heteroatoms. The number of nitrogens with one attached hydrogen (secondary N) is 1. The van der Waals surface area contributed by atoms with E-state index in [0.29, 0.717) is 15.3 Å². The van der Waals surface area contributed by atoms with Gasteiger partial charge in [0, 0.05) is 17.8 Å². The van der Waals surface area contributed by atoms with Gasteiger partial charge in [0.05, 0.1) is 15.8 Å². The lowest BCUT2D eigenvalue weighted by atomic mass is 10.2. The summed E-state index contributed by atoms with van der Waals surface area (Å²) in [6.07, 6.45) is 1.20. The van der Waals surface area contributed by atoms with Crippen LogP contribution in [0.5, 0.6) is 0 Å². The molecule has 0 radical (unpaired) electrons. The van der Waals surface area contributed by atoms with Gasteiger partial charge in [-0.3, -0.25) is 10.1 Å². The Morgan fingerprint density at radius 1 is 1.18 bits per heavy atom. The smallest absolute Gasteiger partial charge is 0.335 e. The Balaban J connectivity index is 1.87. The third-order valence-electron chi connectivity index (χ3n) is 2.84. The van der Waals surface area contributed by atoms with Gasteiger partial charge in [0.15, 0.2) is 5.13 Å². The van der Waals surface area contributed by atoms with E-state index in [1.54, 1.807) is 6.07 Å². The quantitative estimate of drug-likeness (QED) is 0.725. The van der Waals surface area contributed by atoms with Crippen molar-refractivity contribution in [1.82, 2.24) is 9.97 Å². The number of benzene rings is 1. The number of nitrogens with zero attached hydrogens (tertiary/aromatic N) is 2. The number of carboxylic acids is 1. The van der Waals surface area contributed by atoms with Gasteiger partial charge in [0.25, 0.3) is 5.91 Å². The van der Waals surface area contributed by atoms with Gasteiger partial charge in [0.2, 0.25) is 5.95 Å². The van der Waals surface area contributed by atoms with E-state index >= 15 is 0 Å². The number of aromatic nitrogens is 2. The molecule has 2 heterocycles. The number of thiazole rings is 1. The third-order valence-corrected chi connectivity index (χ3v) is 3.78. The number of pyridine rings is 1. The SMILES string of the molecule is O=C(O)c1ccc2nc(NC(=O)c3ccnc(F)c3)sc2c1. The van der Waals surface area contributed by atoms with Gasteiger partial charge in [-0.05, 0) is 24.3 Å². The fraction of sp³-hybridized carbons (Fsp3) is 0. The normalized spacial score (nSPS) is 10.6. The van der Waals surface area contributed by atoms with E-state index in [0.717, 1.165) is 17.4 Å². The molecule has 3 aromatic rings. The van der Waals surface area contributed by atoms with E-state index < -0.39 is 17.8 Å². The first kappa shape index (κ1) is 14.1. The van der Waals surface area contributed by atoms with E-state index in [1.807, 2.05) is 0 Å². The standard InChI is InChI=1S/C14H8FN3O3S/c15-11-6-7(3-4-16-11)12(19)18-14-17-9-2-1-8(13(20)21)5-10(9)22-14/h1-6H,(H,20,21)(H,17,18,19). The molecular weight excluding hydrogens is 309 g/mol. The number of carbonyl (C=O) groups excluding carboxylic acids is 1. The van der Waals surface area contributed by atoms with Crippen molar-refractivity contribution in [3.63, 3.8) is 0 Å². The Kier molecular flexibility index (Phi) is 3.51. The van der Waals surface area contributed by atoms with Crippen LogP contribution in [0.25, 0.3) is 10.2 Å². The summed E-state index contributed by atoms with van der Waals surface area (Å²) in [5.41, 5.74) is 0.842. The minimum Gasteiger partial charge on any atom is -0.478 e. The van der Waals surface area contributed by atoms with Crippen molar-refractivity contribution in [2.45, 2.75) is 0 Å². The summed E-state index contributed by atoms with van der Waals surface area (Å²) in [5.74, 6) is -2.30. The number of anilines is 1. The Bertz CT molecular complexity index is 894. The number of fused-ring (bicyclic) bond motifs is 1. The Hall–Kier alpha value is -2.87. The Morgan fingerprint density at radius 3 is 2.73 bits per heavy atom. The van der Waals surface area contributed by atoms with E-state index in [2.05, 4.69) is 15.3 Å². The lowest BCUT2D eigenvalue weighted by Gasteiger charge is -2.00. The average Bonchev–Trinajstić information content (AvgIpc) is 2.88. The fourth-order valence-corrected chi connectivity index (χ4v) is 2.72. The minimum atomic E-state index is -1.03. The molecule has 2 aromatic heterocycles. The molecular formula is C14H8FN3O3S. The first-order chi connectivity index (χ1) is 10.5. The van der Waals surface area contributed by atoms with Crippen LogP contribution < -0.4 is 5.32 Å². The van der Waals surface area contributed by atoms with Gasteiger partial charge in [-0.25, -0.2) is 14.8 Å². The largest absolute Gasteiger partial charge is 0.478 e. The summed E-state index contributed by atoms with van der Waals surface area (Å²) in [6, 6.07) is 6.89. The molecule has 0 unspecified atom stereocenters. The van der Waals surface area contributed by atoms with Gasteiger partial charge in [-0.2, -0.15) is 4.39 Å². The topological polar surface area (TPSA) is 92.2 Å². The maximum atomic E-state index is 13.0. The zero-order valence-corrected chi connectivity index (χ0v) is 11.7. The highest BCUT2D eigenvalue weighted by Crippen LogP contribution is 2.27. The van der Waals surface area contributed by atoms with E-state index in [-0.39, 0.29) is 11.1 Å². The van der Waals surface area contributed by atoms with Crippen molar-refractivity contribution in [2.75, 3.05) is 5.32 Å². The van der Waals surface area contributed by atoms with Crippen molar-refractivity contribution >= 4 is 38.6 Å². The summed E-state index contributed by atoms with van der Waals surface area (Å²) in [6.45, 7) is 0. The van der Waals surface area contributed by atoms with Crippen molar-refractivity contribution in [2.24, 2.45) is 0 Å². The molecule has 3 rings (SSSR count). The monoisotopic (exact) mass is 317 g/mol. The van der Waals surface area contributed by atoms with Crippen LogP contribution >= 0.6 is 11.3 Å². The predicted molar refractivity (Wildman–Crippen MR) is 78.7 cm³/mol. The number of aromatic carboxylic acids is 1. The molecule has 22 heavy (non-hydrogen) atoms. The van der Waals surface area contributed by atoms with Crippen LogP contribution in [-0.4, -0.2) is 27.0 Å². The van der Waals surface area contributed by atoms with Crippen LogP contribution in [0.1, 0.15) is 20.7 Å². The zero-order chi connectivity index (χ0) is 15.7. The number of rotatable bonds is 3. The van der Waals surface area contributed by atoms with Crippen LogP contribution in [0.4, 0.5) is 9.52 Å². The number of hydrogen-bond acceptors (Lipinski definition) is 5. The second-order valence-electron chi connectivity index (χ2n) is 4.33. The van der Waals surface area contributed by atoms with Crippen LogP contribution in [0, 0.1) is 5.95 Å². The highest BCUT2D eigenvalue weighted by molar-refractivity contribution is 7.22. The average molecular weight is 317 g/mol. The summed E-state index contributed by atoms with van der Waals surface area (Å²) >= 11 is 1.14. The summed E-state index contributed by atoms with van der Waals surface area (Å²) < 4.78 is 13.6. The molecule has 110 valence electrons. The lowest BCUT2D eigenvalue weighted by molar-refractivity contribution is 0.0697. The van der Waals surface area contributed by atoms with Crippen molar-refractivity contribution in [3.8, 4) is 0 Å². The number of carbonyl (C=O) groups is 2. The maximum Gasteiger partial charge on any atom is 0.335 e. The molecule has 1 aromatic carbocycles. The molecule has 6 nitrogen and oxygen atoms in total. The van der Waals surface area contributed by atoms with Gasteiger partial charge in [0.1, 0.15) is 0 Å². The molecule has 0 atom stereocenters. The molecule has 0 bridgehead atoms. The summed E-state index contributed by atoms with van der Waals surface area (Å²) in [5, 5.41) is 11.8. The highest BCUT2D eigenvalue weighted by atomic mass is 32.1. The van der Waals surface area contributed by atoms with Gasteiger partial charge in [-0.15, -0.1) is 0 Å². The first-order valence-electron chi connectivity index (χ1n) is 6.10. The van der Waals surface area contributed by atoms with Crippen LogP contribution in [0.2, 0.25) is 0 Å². The molecule has 0 aliphatic carbocycles. The van der Waals surface area contributed by atoms with Crippen molar-refractivity contribution in [1.29, 1.82) is 0 Å². The van der Waals surface area contributed by atoms with E-state index in [9.17, 15) is 14.0 Å². The summed E-state index contributed by atoms with van der Waals surface area (Å²) in [4.78, 5) is 30.5. The Labute approximate surface area is 127 Å². The fourth-order valence-electron chi connectivity index (χ4n) is 1.82. The minimum absolute atomic E-state index is 0.123. The van der Waals surface area contributed by atoms with Gasteiger partial charge < -0.3 is 5.11 Å². The Morgan fingerprint density at radius 2 is 2.00 bits per heavy atom. The van der Waals surface area contributed by atoms with Gasteiger partial charge in [-0.1, -0.05) is 11.3 Å². The lowest BCUT2D eigenvalue weighted by Crippen LogP contribution is -2.12. The number of amides is 1. The molecule has 0 saturated heterocycles. The van der Waals surface area contributed by atoms with Crippen LogP contribution in [0.3, 0.4) is 0 Å². The van der Waals surface area contributed by atoms with E-state index in [1.165, 1.54) is 24.4 Å². The highest BCUT2D eigenvalue weighted by Gasteiger charge is 2.12. The van der Waals surface area contributed by atoms with Crippen molar-refractivity contribution in [3.05, 3.63) is 53.6 Å². The van der Waals surface area contributed by atoms with Crippen molar-refractivity contribution < 1.29 is 19.1 Å². The molecule has 0 aliphatic heterocycles. The molecule has 0 saturated carbocycles. The number of hydrogen-bond donors (Lipinski definition) is 2. The van der Waals surface area contributed by atoms with E-state index in [4.69, 9.17) is 5.11 Å². The molecule has 0 spiro atoms.